The first-order valence-electron chi connectivity index (χ1n) is 16.2. The molecule has 0 saturated carbocycles. The van der Waals surface area contributed by atoms with E-state index in [0.29, 0.717) is 16.9 Å². The molecule has 0 radical (unpaired) electrons. The fourth-order valence-electron chi connectivity index (χ4n) is 7.13. The molecule has 3 aromatic carbocycles. The van der Waals surface area contributed by atoms with E-state index in [9.17, 15) is 34.0 Å². The van der Waals surface area contributed by atoms with Gasteiger partial charge >= 0.3 is 11.9 Å². The highest BCUT2D eigenvalue weighted by atomic mass is 16.7. The van der Waals surface area contributed by atoms with Gasteiger partial charge in [-0.3, -0.25) is 4.79 Å². The van der Waals surface area contributed by atoms with Gasteiger partial charge in [-0.1, -0.05) is 30.3 Å². The number of carbonyl (C=O) groups is 2. The fourth-order valence-corrected chi connectivity index (χ4v) is 7.13. The maximum Gasteiger partial charge on any atom is 0.355 e. The van der Waals surface area contributed by atoms with Crippen molar-refractivity contribution in [2.45, 2.75) is 45.1 Å². The third-order valence-corrected chi connectivity index (χ3v) is 9.67. The van der Waals surface area contributed by atoms with Crippen molar-refractivity contribution in [2.24, 2.45) is 25.9 Å². The van der Waals surface area contributed by atoms with E-state index in [1.807, 2.05) is 30.3 Å². The summed E-state index contributed by atoms with van der Waals surface area (Å²) in [6.45, 7) is 2.80. The number of nitroso groups, excluding NO2 is 4. The summed E-state index contributed by atoms with van der Waals surface area (Å²) >= 11 is 0. The van der Waals surface area contributed by atoms with Crippen molar-refractivity contribution >= 4 is 51.3 Å². The molecule has 3 aliphatic rings. The summed E-state index contributed by atoms with van der Waals surface area (Å²) in [5, 5.41) is 16.7. The van der Waals surface area contributed by atoms with E-state index in [1.165, 1.54) is 19.1 Å². The molecular formula is C36H23N7O10. The number of ether oxygens (including phenoxy) is 2. The van der Waals surface area contributed by atoms with Crippen molar-refractivity contribution in [3.05, 3.63) is 118 Å². The molecule has 17 heteroatoms. The van der Waals surface area contributed by atoms with E-state index in [-0.39, 0.29) is 81.4 Å². The van der Waals surface area contributed by atoms with Crippen molar-refractivity contribution in [1.82, 2.24) is 9.55 Å². The lowest BCUT2D eigenvalue weighted by molar-refractivity contribution is -0.195. The number of benzene rings is 3. The van der Waals surface area contributed by atoms with Gasteiger partial charge in [0.05, 0.1) is 29.0 Å². The standard InChI is InChI=1S/C36H23N7O10/c1-3-36(24-13-28-31-18(8-17-6-4-5-7-25(17)37-31)14-43(28)33(44)23(24)15-51-35(36)46)52-34(45)16(2)53-42-32-21-9-19(38-47)11-26(40-49)29(21)30-22(32)10-20(39-48)12-27(30)41-50/h4-13,16H,3,14-15H2,1-2H3/t16-,36-/m0/s1. The number of carbonyl (C=O) groups excluding carboxylic acids is 2. The molecule has 17 nitrogen and oxygen atoms in total. The summed E-state index contributed by atoms with van der Waals surface area (Å²) in [4.78, 5) is 98.2. The summed E-state index contributed by atoms with van der Waals surface area (Å²) < 4.78 is 12.9. The molecule has 5 aromatic rings. The number of hydrogen-bond donors (Lipinski definition) is 0. The molecule has 53 heavy (non-hydrogen) atoms. The second kappa shape index (κ2) is 12.3. The average Bonchev–Trinajstić information content (AvgIpc) is 3.70. The summed E-state index contributed by atoms with van der Waals surface area (Å²) in [7, 11) is 0. The fraction of sp³-hybridized carbons (Fsp3) is 0.194. The third-order valence-electron chi connectivity index (χ3n) is 9.67. The van der Waals surface area contributed by atoms with Crippen LogP contribution < -0.4 is 5.56 Å². The number of oxime groups is 1. The van der Waals surface area contributed by atoms with Crippen LogP contribution in [0.5, 0.6) is 0 Å². The minimum absolute atomic E-state index is 0.0569. The first-order valence-corrected chi connectivity index (χ1v) is 16.2. The molecule has 0 spiro atoms. The predicted molar refractivity (Wildman–Crippen MR) is 188 cm³/mol. The van der Waals surface area contributed by atoms with Gasteiger partial charge in [0.25, 0.3) is 5.56 Å². The van der Waals surface area contributed by atoms with Gasteiger partial charge in [0.2, 0.25) is 11.7 Å². The largest absolute Gasteiger partial charge is 0.457 e. The number of esters is 2. The average molecular weight is 714 g/mol. The number of fused-ring (bicyclic) bond motifs is 8. The van der Waals surface area contributed by atoms with Crippen LogP contribution in [0.3, 0.4) is 0 Å². The van der Waals surface area contributed by atoms with E-state index in [4.69, 9.17) is 19.3 Å². The Morgan fingerprint density at radius 1 is 0.925 bits per heavy atom. The summed E-state index contributed by atoms with van der Waals surface area (Å²) in [5.41, 5.74) is -0.482. The quantitative estimate of drug-likeness (QED) is 0.0835. The number of aromatic nitrogens is 2. The molecule has 8 rings (SSSR count). The number of para-hydroxylation sites is 1. The van der Waals surface area contributed by atoms with E-state index >= 15 is 0 Å². The molecule has 0 N–H and O–H groups in total. The van der Waals surface area contributed by atoms with E-state index in [0.717, 1.165) is 23.1 Å². The third kappa shape index (κ3) is 4.88. The molecule has 2 aliphatic heterocycles. The molecule has 0 saturated heterocycles. The number of cyclic esters (lactones) is 1. The van der Waals surface area contributed by atoms with Gasteiger partial charge in [0, 0.05) is 38.8 Å². The van der Waals surface area contributed by atoms with Crippen LogP contribution >= 0.6 is 0 Å². The molecule has 0 fully saturated rings. The van der Waals surface area contributed by atoms with Crippen LogP contribution in [0, 0.1) is 19.6 Å². The Labute approximate surface area is 296 Å². The van der Waals surface area contributed by atoms with Crippen LogP contribution in [0.25, 0.3) is 33.4 Å². The Morgan fingerprint density at radius 3 is 2.21 bits per heavy atom. The zero-order chi connectivity index (χ0) is 37.2. The number of hydrogen-bond acceptors (Lipinski definition) is 16. The van der Waals surface area contributed by atoms with Crippen LogP contribution in [0.2, 0.25) is 0 Å². The van der Waals surface area contributed by atoms with E-state index < -0.39 is 29.2 Å². The maximum atomic E-state index is 13.9. The first-order chi connectivity index (χ1) is 25.7. The van der Waals surface area contributed by atoms with Crippen molar-refractivity contribution in [3.8, 4) is 22.5 Å². The molecule has 262 valence electrons. The topological polar surface area (TPSA) is 227 Å². The molecular weight excluding hydrogens is 690 g/mol. The van der Waals surface area contributed by atoms with Crippen molar-refractivity contribution in [3.63, 3.8) is 0 Å². The minimum Gasteiger partial charge on any atom is -0.457 e. The van der Waals surface area contributed by atoms with Crippen molar-refractivity contribution in [1.29, 1.82) is 0 Å². The monoisotopic (exact) mass is 713 g/mol. The summed E-state index contributed by atoms with van der Waals surface area (Å²) in [6.07, 6.45) is -1.63. The molecule has 2 atom stereocenters. The van der Waals surface area contributed by atoms with E-state index in [1.54, 1.807) is 17.6 Å². The summed E-state index contributed by atoms with van der Waals surface area (Å²) in [5.74, 6) is -1.96. The Bertz CT molecular complexity index is 2550. The van der Waals surface area contributed by atoms with Gasteiger partial charge in [-0.05, 0) is 76.5 Å². The highest BCUT2D eigenvalue weighted by Gasteiger charge is 2.51. The minimum atomic E-state index is -2.04. The van der Waals surface area contributed by atoms with Crippen LogP contribution in [-0.4, -0.2) is 33.3 Å². The molecule has 0 unspecified atom stereocenters. The molecule has 1 aliphatic carbocycles. The SMILES string of the molecule is CC[C@@]1(OC(=O)[C@H](C)ON=C2c3cc(N=O)cc(N=O)c3-c3c(N=O)cc(N=O)cc32)C(=O)OCc2c1cc1n(c2=O)Cc2cc3ccccc3nc2-1. The van der Waals surface area contributed by atoms with Gasteiger partial charge in [-0.25, -0.2) is 14.6 Å². The van der Waals surface area contributed by atoms with Crippen molar-refractivity contribution < 1.29 is 23.9 Å². The normalized spacial score (nSPS) is 16.6. The Balaban J connectivity index is 1.17. The Kier molecular flexibility index (Phi) is 7.63. The second-order valence-corrected chi connectivity index (χ2v) is 12.5. The number of rotatable bonds is 9. The lowest BCUT2D eigenvalue weighted by Gasteiger charge is -2.36. The number of pyridine rings is 2. The van der Waals surface area contributed by atoms with Gasteiger partial charge < -0.3 is 18.9 Å². The Morgan fingerprint density at radius 2 is 1.58 bits per heavy atom. The maximum absolute atomic E-state index is 13.9. The van der Waals surface area contributed by atoms with Crippen LogP contribution in [-0.2, 0) is 42.7 Å². The molecule has 4 heterocycles. The molecule has 2 aromatic heterocycles. The van der Waals surface area contributed by atoms with Gasteiger partial charge in [0.15, 0.2) is 0 Å². The zero-order valence-corrected chi connectivity index (χ0v) is 27.7. The highest BCUT2D eigenvalue weighted by molar-refractivity contribution is 6.28. The van der Waals surface area contributed by atoms with Crippen LogP contribution in [0.15, 0.2) is 91.3 Å². The highest BCUT2D eigenvalue weighted by Crippen LogP contribution is 2.51. The lowest BCUT2D eigenvalue weighted by atomic mass is 9.85. The predicted octanol–water partition coefficient (Wildman–Crippen LogP) is 7.06. The zero-order valence-electron chi connectivity index (χ0n) is 27.7. The van der Waals surface area contributed by atoms with Crippen LogP contribution in [0.1, 0.15) is 48.1 Å². The number of nitrogens with zero attached hydrogens (tertiary/aromatic N) is 7. The first kappa shape index (κ1) is 33.0. The molecule has 0 bridgehead atoms. The van der Waals surface area contributed by atoms with Gasteiger partial charge in [-0.2, -0.15) is 0 Å². The van der Waals surface area contributed by atoms with Gasteiger partial charge in [0.1, 0.15) is 35.1 Å². The van der Waals surface area contributed by atoms with Crippen LogP contribution in [0.4, 0.5) is 22.7 Å². The smallest absolute Gasteiger partial charge is 0.355 e. The molecule has 0 amide bonds. The van der Waals surface area contributed by atoms with Gasteiger partial charge in [-0.15, -0.1) is 19.6 Å². The van der Waals surface area contributed by atoms with E-state index in [2.05, 4.69) is 25.9 Å². The Hall–Kier alpha value is -7.17. The lowest BCUT2D eigenvalue weighted by Crippen LogP contribution is -2.48. The second-order valence-electron chi connectivity index (χ2n) is 12.5. The summed E-state index contributed by atoms with van der Waals surface area (Å²) in [6, 6.07) is 15.8. The van der Waals surface area contributed by atoms with Crippen molar-refractivity contribution in [2.75, 3.05) is 0 Å².